The van der Waals surface area contributed by atoms with E-state index in [1.807, 2.05) is 104 Å². The van der Waals surface area contributed by atoms with Gasteiger partial charge in [0.05, 0.1) is 18.3 Å². The van der Waals surface area contributed by atoms with Crippen molar-refractivity contribution >= 4 is 11.6 Å². The second-order valence-electron chi connectivity index (χ2n) is 7.15. The molecule has 1 aromatic heterocycles. The van der Waals surface area contributed by atoms with Crippen molar-refractivity contribution < 1.29 is 9.21 Å². The van der Waals surface area contributed by atoms with Crippen LogP contribution in [0.1, 0.15) is 24.3 Å². The summed E-state index contributed by atoms with van der Waals surface area (Å²) in [5.41, 5.74) is 3.88. The number of hydrogen-bond donors (Lipinski definition) is 2. The number of amides is 1. The maximum absolute atomic E-state index is 13.0. The van der Waals surface area contributed by atoms with E-state index in [1.54, 1.807) is 6.26 Å². The number of benzene rings is 3. The summed E-state index contributed by atoms with van der Waals surface area (Å²) < 4.78 is 5.63. The second-order valence-corrected chi connectivity index (χ2v) is 7.15. The lowest BCUT2D eigenvalue weighted by Gasteiger charge is -2.22. The van der Waals surface area contributed by atoms with Gasteiger partial charge in [0.25, 0.3) is 0 Å². The molecule has 150 valence electrons. The Kier molecular flexibility index (Phi) is 6.06. The third kappa shape index (κ3) is 4.50. The maximum atomic E-state index is 13.0. The summed E-state index contributed by atoms with van der Waals surface area (Å²) in [6.07, 6.45) is 1.65. The van der Waals surface area contributed by atoms with Gasteiger partial charge in [-0.2, -0.15) is 0 Å². The van der Waals surface area contributed by atoms with E-state index < -0.39 is 6.04 Å². The van der Waals surface area contributed by atoms with Crippen LogP contribution in [0.25, 0.3) is 11.1 Å². The molecule has 0 aliphatic heterocycles. The molecule has 3 aromatic carbocycles. The van der Waals surface area contributed by atoms with Crippen molar-refractivity contribution in [2.24, 2.45) is 0 Å². The SMILES string of the molecule is C[C@@H](N[C@@H](c1ccccc1)c1ccco1)C(=O)Nc1ccccc1-c1ccccc1. The summed E-state index contributed by atoms with van der Waals surface area (Å²) in [6.45, 7) is 1.86. The topological polar surface area (TPSA) is 54.3 Å². The Bertz CT molecular complexity index is 1080. The largest absolute Gasteiger partial charge is 0.467 e. The third-order valence-electron chi connectivity index (χ3n) is 5.04. The Labute approximate surface area is 176 Å². The van der Waals surface area contributed by atoms with Crippen LogP contribution < -0.4 is 10.6 Å². The van der Waals surface area contributed by atoms with Gasteiger partial charge in [-0.3, -0.25) is 10.1 Å². The number of nitrogens with one attached hydrogen (secondary N) is 2. The molecule has 4 aromatic rings. The molecule has 0 spiro atoms. The molecule has 2 N–H and O–H groups in total. The van der Waals surface area contributed by atoms with Crippen LogP contribution in [0, 0.1) is 0 Å². The molecule has 4 heteroatoms. The first kappa shape index (κ1) is 19.7. The highest BCUT2D eigenvalue weighted by Gasteiger charge is 2.23. The van der Waals surface area contributed by atoms with Crippen LogP contribution in [0.15, 0.2) is 108 Å². The standard InChI is InChI=1S/C26H24N2O2/c1-19(27-25(24-17-10-18-30-24)21-13-6-3-7-14-21)26(29)28-23-16-9-8-15-22(23)20-11-4-2-5-12-20/h2-19,25,27H,1H3,(H,28,29)/t19-,25+/m1/s1. The van der Waals surface area contributed by atoms with Crippen LogP contribution in [0.5, 0.6) is 0 Å². The lowest BCUT2D eigenvalue weighted by atomic mass is 10.0. The van der Waals surface area contributed by atoms with E-state index >= 15 is 0 Å². The zero-order chi connectivity index (χ0) is 20.8. The van der Waals surface area contributed by atoms with E-state index in [2.05, 4.69) is 10.6 Å². The van der Waals surface area contributed by atoms with Gasteiger partial charge < -0.3 is 9.73 Å². The van der Waals surface area contributed by atoms with E-state index in [9.17, 15) is 4.79 Å². The fourth-order valence-electron chi connectivity index (χ4n) is 3.47. The van der Waals surface area contributed by atoms with E-state index in [-0.39, 0.29) is 11.9 Å². The number of furan rings is 1. The lowest BCUT2D eigenvalue weighted by molar-refractivity contribution is -0.117. The monoisotopic (exact) mass is 396 g/mol. The minimum Gasteiger partial charge on any atom is -0.467 e. The van der Waals surface area contributed by atoms with Crippen molar-refractivity contribution in [2.45, 2.75) is 19.0 Å². The first-order valence-corrected chi connectivity index (χ1v) is 10.0. The van der Waals surface area contributed by atoms with Gasteiger partial charge in [0.2, 0.25) is 5.91 Å². The van der Waals surface area contributed by atoms with Crippen LogP contribution >= 0.6 is 0 Å². The average molecular weight is 396 g/mol. The molecular formula is C26H24N2O2. The van der Waals surface area contributed by atoms with Crippen LogP contribution in [0.4, 0.5) is 5.69 Å². The molecule has 0 unspecified atom stereocenters. The Morgan fingerprint density at radius 2 is 1.47 bits per heavy atom. The smallest absolute Gasteiger partial charge is 0.241 e. The lowest BCUT2D eigenvalue weighted by Crippen LogP contribution is -2.40. The van der Waals surface area contributed by atoms with Crippen LogP contribution in [-0.4, -0.2) is 11.9 Å². The number of rotatable bonds is 7. The van der Waals surface area contributed by atoms with Gasteiger partial charge in [-0.25, -0.2) is 0 Å². The van der Waals surface area contributed by atoms with Gasteiger partial charge in [-0.1, -0.05) is 78.9 Å². The van der Waals surface area contributed by atoms with Gasteiger partial charge >= 0.3 is 0 Å². The van der Waals surface area contributed by atoms with E-state index in [1.165, 1.54) is 0 Å². The molecule has 0 saturated carbocycles. The van der Waals surface area contributed by atoms with Crippen LogP contribution in [0.3, 0.4) is 0 Å². The molecule has 1 heterocycles. The molecule has 0 bridgehead atoms. The number of carbonyl (C=O) groups excluding carboxylic acids is 1. The minimum absolute atomic E-state index is 0.106. The van der Waals surface area contributed by atoms with E-state index in [0.717, 1.165) is 28.1 Å². The number of anilines is 1. The zero-order valence-electron chi connectivity index (χ0n) is 16.8. The van der Waals surface area contributed by atoms with Gasteiger partial charge in [0, 0.05) is 11.3 Å². The fourth-order valence-corrected chi connectivity index (χ4v) is 3.47. The highest BCUT2D eigenvalue weighted by molar-refractivity contribution is 5.98. The predicted molar refractivity (Wildman–Crippen MR) is 120 cm³/mol. The summed E-state index contributed by atoms with van der Waals surface area (Å²) in [4.78, 5) is 13.0. The molecule has 30 heavy (non-hydrogen) atoms. The number of hydrogen-bond acceptors (Lipinski definition) is 3. The summed E-state index contributed by atoms with van der Waals surface area (Å²) >= 11 is 0. The molecule has 4 rings (SSSR count). The molecule has 0 saturated heterocycles. The molecule has 2 atom stereocenters. The first-order chi connectivity index (χ1) is 14.7. The Morgan fingerprint density at radius 1 is 0.800 bits per heavy atom. The molecule has 0 aliphatic rings. The Balaban J connectivity index is 1.53. The highest BCUT2D eigenvalue weighted by atomic mass is 16.3. The van der Waals surface area contributed by atoms with E-state index in [4.69, 9.17) is 4.42 Å². The summed E-state index contributed by atoms with van der Waals surface area (Å²) in [7, 11) is 0. The molecule has 4 nitrogen and oxygen atoms in total. The van der Waals surface area contributed by atoms with Gasteiger partial charge in [0.15, 0.2) is 0 Å². The Morgan fingerprint density at radius 3 is 2.17 bits per heavy atom. The molecule has 0 aliphatic carbocycles. The Hall–Kier alpha value is -3.63. The normalized spacial score (nSPS) is 12.8. The highest BCUT2D eigenvalue weighted by Crippen LogP contribution is 2.28. The van der Waals surface area contributed by atoms with Gasteiger partial charge in [0.1, 0.15) is 5.76 Å². The van der Waals surface area contributed by atoms with Crippen molar-refractivity contribution in [3.63, 3.8) is 0 Å². The number of carbonyl (C=O) groups is 1. The molecular weight excluding hydrogens is 372 g/mol. The van der Waals surface area contributed by atoms with Crippen molar-refractivity contribution in [2.75, 3.05) is 5.32 Å². The third-order valence-corrected chi connectivity index (χ3v) is 5.04. The maximum Gasteiger partial charge on any atom is 0.241 e. The van der Waals surface area contributed by atoms with Crippen LogP contribution in [0.2, 0.25) is 0 Å². The zero-order valence-corrected chi connectivity index (χ0v) is 16.8. The summed E-state index contributed by atoms with van der Waals surface area (Å²) in [5, 5.41) is 6.49. The van der Waals surface area contributed by atoms with Gasteiger partial charge in [-0.05, 0) is 36.2 Å². The van der Waals surface area contributed by atoms with Crippen molar-refractivity contribution in [1.29, 1.82) is 0 Å². The first-order valence-electron chi connectivity index (χ1n) is 10.0. The van der Waals surface area contributed by atoms with Gasteiger partial charge in [-0.15, -0.1) is 0 Å². The second kappa shape index (κ2) is 9.25. The average Bonchev–Trinajstić information content (AvgIpc) is 3.33. The van der Waals surface area contributed by atoms with Crippen molar-refractivity contribution in [3.8, 4) is 11.1 Å². The van der Waals surface area contributed by atoms with Crippen molar-refractivity contribution in [1.82, 2.24) is 5.32 Å². The summed E-state index contributed by atoms with van der Waals surface area (Å²) in [6, 6.07) is 31.0. The number of para-hydroxylation sites is 1. The van der Waals surface area contributed by atoms with Crippen LogP contribution in [-0.2, 0) is 4.79 Å². The van der Waals surface area contributed by atoms with E-state index in [0.29, 0.717) is 0 Å². The minimum atomic E-state index is -0.441. The fraction of sp³-hybridized carbons (Fsp3) is 0.115. The quantitative estimate of drug-likeness (QED) is 0.424. The predicted octanol–water partition coefficient (Wildman–Crippen LogP) is 5.65. The summed E-state index contributed by atoms with van der Waals surface area (Å²) in [5.74, 6) is 0.663. The molecule has 1 amide bonds. The molecule has 0 radical (unpaired) electrons. The van der Waals surface area contributed by atoms with Crippen molar-refractivity contribution in [3.05, 3.63) is 115 Å². The molecule has 0 fully saturated rings.